The summed E-state index contributed by atoms with van der Waals surface area (Å²) in [6.07, 6.45) is 3.63. The fraction of sp³-hybridized carbons (Fsp3) is 0.471. The van der Waals surface area contributed by atoms with Crippen molar-refractivity contribution in [3.63, 3.8) is 0 Å². The number of benzene rings is 1. The van der Waals surface area contributed by atoms with E-state index in [4.69, 9.17) is 0 Å². The normalized spacial score (nSPS) is 19.5. The second-order valence-electron chi connectivity index (χ2n) is 6.46. The van der Waals surface area contributed by atoms with Crippen LogP contribution < -0.4 is 5.32 Å². The fourth-order valence-electron chi connectivity index (χ4n) is 2.76. The molecule has 1 unspecified atom stereocenters. The first-order chi connectivity index (χ1) is 12.1. The number of piperidine rings is 1. The molecular formula is C17H24N2O5S2. The SMILES string of the molecule is Cc1ccc(S(=O)(=O)N2CCCC(C(=O)NC/C=C/S(C)(=O)=O)C2)cc1. The molecule has 9 heteroatoms. The molecule has 1 aliphatic heterocycles. The van der Waals surface area contributed by atoms with Gasteiger partial charge in [-0.15, -0.1) is 0 Å². The number of amides is 1. The second kappa shape index (κ2) is 8.32. The molecule has 1 amide bonds. The van der Waals surface area contributed by atoms with Gasteiger partial charge in [-0.3, -0.25) is 4.79 Å². The minimum absolute atomic E-state index is 0.0904. The van der Waals surface area contributed by atoms with Crippen molar-refractivity contribution in [2.45, 2.75) is 24.7 Å². The minimum atomic E-state index is -3.63. The molecule has 1 aliphatic rings. The zero-order valence-corrected chi connectivity index (χ0v) is 16.5. The van der Waals surface area contributed by atoms with Crippen LogP contribution >= 0.6 is 0 Å². The first kappa shape index (κ1) is 20.6. The third-order valence-corrected chi connectivity index (χ3v) is 6.72. The van der Waals surface area contributed by atoms with Gasteiger partial charge in [-0.2, -0.15) is 4.31 Å². The third-order valence-electron chi connectivity index (χ3n) is 4.15. The Morgan fingerprint density at radius 3 is 2.50 bits per heavy atom. The van der Waals surface area contributed by atoms with Crippen molar-refractivity contribution in [2.24, 2.45) is 5.92 Å². The van der Waals surface area contributed by atoms with E-state index in [0.29, 0.717) is 19.4 Å². The molecule has 0 saturated carbocycles. The Morgan fingerprint density at radius 1 is 1.23 bits per heavy atom. The molecule has 1 fully saturated rings. The zero-order chi connectivity index (χ0) is 19.4. The van der Waals surface area contributed by atoms with Crippen LogP contribution in [0.25, 0.3) is 0 Å². The van der Waals surface area contributed by atoms with E-state index >= 15 is 0 Å². The topological polar surface area (TPSA) is 101 Å². The van der Waals surface area contributed by atoms with Crippen LogP contribution in [0.5, 0.6) is 0 Å². The molecule has 7 nitrogen and oxygen atoms in total. The minimum Gasteiger partial charge on any atom is -0.352 e. The lowest BCUT2D eigenvalue weighted by Crippen LogP contribution is -2.45. The average molecular weight is 401 g/mol. The lowest BCUT2D eigenvalue weighted by atomic mass is 9.99. The molecular weight excluding hydrogens is 376 g/mol. The van der Waals surface area contributed by atoms with Gasteiger partial charge in [0.25, 0.3) is 0 Å². The van der Waals surface area contributed by atoms with E-state index in [1.54, 1.807) is 24.3 Å². The maximum Gasteiger partial charge on any atom is 0.243 e. The van der Waals surface area contributed by atoms with E-state index in [-0.39, 0.29) is 23.9 Å². The number of rotatable bonds is 6. The van der Waals surface area contributed by atoms with Crippen LogP contribution in [0.3, 0.4) is 0 Å². The van der Waals surface area contributed by atoms with Crippen LogP contribution in [0.4, 0.5) is 0 Å². The van der Waals surface area contributed by atoms with Gasteiger partial charge < -0.3 is 5.32 Å². The number of carbonyl (C=O) groups excluding carboxylic acids is 1. The Bertz CT molecular complexity index is 874. The third kappa shape index (κ3) is 5.65. The van der Waals surface area contributed by atoms with Gasteiger partial charge in [-0.05, 0) is 31.9 Å². The van der Waals surface area contributed by atoms with E-state index in [1.807, 2.05) is 6.92 Å². The Kier molecular flexibility index (Phi) is 6.59. The smallest absolute Gasteiger partial charge is 0.243 e. The molecule has 1 aromatic carbocycles. The van der Waals surface area contributed by atoms with Gasteiger partial charge >= 0.3 is 0 Å². The Labute approximate surface area is 155 Å². The van der Waals surface area contributed by atoms with E-state index in [1.165, 1.54) is 10.4 Å². The molecule has 0 aromatic heterocycles. The summed E-state index contributed by atoms with van der Waals surface area (Å²) in [5.74, 6) is -0.720. The Morgan fingerprint density at radius 2 is 1.88 bits per heavy atom. The number of aryl methyl sites for hydroxylation is 1. The van der Waals surface area contributed by atoms with Crippen molar-refractivity contribution in [1.29, 1.82) is 0 Å². The van der Waals surface area contributed by atoms with Crippen LogP contribution in [0, 0.1) is 12.8 Å². The average Bonchev–Trinajstić information content (AvgIpc) is 2.58. The van der Waals surface area contributed by atoms with Crippen molar-refractivity contribution >= 4 is 25.8 Å². The van der Waals surface area contributed by atoms with Crippen LogP contribution in [-0.2, 0) is 24.7 Å². The molecule has 1 heterocycles. The molecule has 1 aromatic rings. The van der Waals surface area contributed by atoms with Crippen LogP contribution in [0.2, 0.25) is 0 Å². The van der Waals surface area contributed by atoms with Crippen molar-refractivity contribution in [1.82, 2.24) is 9.62 Å². The van der Waals surface area contributed by atoms with Crippen LogP contribution in [0.1, 0.15) is 18.4 Å². The van der Waals surface area contributed by atoms with Crippen molar-refractivity contribution in [2.75, 3.05) is 25.9 Å². The van der Waals surface area contributed by atoms with Crippen LogP contribution in [0.15, 0.2) is 40.6 Å². The maximum absolute atomic E-state index is 12.8. The monoisotopic (exact) mass is 400 g/mol. The summed E-state index contributed by atoms with van der Waals surface area (Å²) < 4.78 is 48.9. The lowest BCUT2D eigenvalue weighted by molar-refractivity contribution is -0.125. The number of nitrogens with zero attached hydrogens (tertiary/aromatic N) is 1. The van der Waals surface area contributed by atoms with Crippen molar-refractivity contribution in [3.05, 3.63) is 41.3 Å². The molecule has 0 spiro atoms. The highest BCUT2D eigenvalue weighted by molar-refractivity contribution is 7.93. The summed E-state index contributed by atoms with van der Waals surface area (Å²) in [5, 5.41) is 3.66. The second-order valence-corrected chi connectivity index (χ2v) is 10.3. The van der Waals surface area contributed by atoms with Gasteiger partial charge in [-0.1, -0.05) is 23.8 Å². The molecule has 2 rings (SSSR count). The number of hydrogen-bond donors (Lipinski definition) is 1. The van der Waals surface area contributed by atoms with E-state index in [0.717, 1.165) is 17.2 Å². The molecule has 26 heavy (non-hydrogen) atoms. The predicted octanol–water partition coefficient (Wildman–Crippen LogP) is 1.07. The zero-order valence-electron chi connectivity index (χ0n) is 14.9. The quantitative estimate of drug-likeness (QED) is 0.770. The molecule has 1 atom stereocenters. The van der Waals surface area contributed by atoms with E-state index in [9.17, 15) is 21.6 Å². The summed E-state index contributed by atoms with van der Waals surface area (Å²) >= 11 is 0. The number of hydrogen-bond acceptors (Lipinski definition) is 5. The molecule has 1 N–H and O–H groups in total. The number of sulfone groups is 1. The van der Waals surface area contributed by atoms with Gasteiger partial charge in [0.15, 0.2) is 9.84 Å². The van der Waals surface area contributed by atoms with E-state index < -0.39 is 25.8 Å². The molecule has 1 saturated heterocycles. The molecule has 144 valence electrons. The fourth-order valence-corrected chi connectivity index (χ4v) is 4.73. The Balaban J connectivity index is 2.00. The molecule has 0 aliphatic carbocycles. The largest absolute Gasteiger partial charge is 0.352 e. The summed E-state index contributed by atoms with van der Waals surface area (Å²) in [7, 11) is -6.86. The van der Waals surface area contributed by atoms with Gasteiger partial charge in [0, 0.05) is 31.3 Å². The molecule has 0 radical (unpaired) electrons. The number of nitrogens with one attached hydrogen (secondary N) is 1. The van der Waals surface area contributed by atoms with Gasteiger partial charge in [-0.25, -0.2) is 16.8 Å². The van der Waals surface area contributed by atoms with Crippen molar-refractivity contribution < 1.29 is 21.6 Å². The standard InChI is InChI=1S/C17H24N2O5S2/c1-14-6-8-16(9-7-14)26(23,24)19-11-3-5-15(13-19)17(20)18-10-4-12-25(2,21)22/h4,6-9,12,15H,3,5,10-11,13H2,1-2H3,(H,18,20)/b12-4+. The first-order valence-electron chi connectivity index (χ1n) is 8.31. The highest BCUT2D eigenvalue weighted by Gasteiger charge is 2.33. The summed E-state index contributed by atoms with van der Waals surface area (Å²) in [4.78, 5) is 12.5. The maximum atomic E-state index is 12.8. The molecule has 0 bridgehead atoms. The van der Waals surface area contributed by atoms with Gasteiger partial charge in [0.1, 0.15) is 0 Å². The lowest BCUT2D eigenvalue weighted by Gasteiger charge is -2.31. The first-order valence-corrected chi connectivity index (χ1v) is 11.7. The summed E-state index contributed by atoms with van der Waals surface area (Å²) in [6, 6.07) is 6.64. The summed E-state index contributed by atoms with van der Waals surface area (Å²) in [5.41, 5.74) is 0.974. The van der Waals surface area contributed by atoms with Crippen LogP contribution in [-0.4, -0.2) is 52.9 Å². The Hall–Kier alpha value is -1.71. The number of sulfonamides is 1. The highest BCUT2D eigenvalue weighted by Crippen LogP contribution is 2.24. The predicted molar refractivity (Wildman–Crippen MR) is 99.7 cm³/mol. The van der Waals surface area contributed by atoms with Gasteiger partial charge in [0.2, 0.25) is 15.9 Å². The van der Waals surface area contributed by atoms with Gasteiger partial charge in [0.05, 0.1) is 10.8 Å². The summed E-state index contributed by atoms with van der Waals surface area (Å²) in [6.45, 7) is 2.48. The van der Waals surface area contributed by atoms with E-state index in [2.05, 4.69) is 5.32 Å². The van der Waals surface area contributed by atoms with Crippen molar-refractivity contribution in [3.8, 4) is 0 Å². The highest BCUT2D eigenvalue weighted by atomic mass is 32.2. The number of carbonyl (C=O) groups is 1.